The molecular formula is C13H21N5O2. The number of carbonyl (C=O) groups excluding carboxylic acids is 1. The van der Waals surface area contributed by atoms with Crippen LogP contribution in [0.2, 0.25) is 0 Å². The Morgan fingerprint density at radius 1 is 1.40 bits per heavy atom. The molecule has 1 aliphatic rings. The van der Waals surface area contributed by atoms with Crippen LogP contribution >= 0.6 is 0 Å². The highest BCUT2D eigenvalue weighted by atomic mass is 16.6. The monoisotopic (exact) mass is 279 g/mol. The van der Waals surface area contributed by atoms with Gasteiger partial charge in [-0.2, -0.15) is 4.98 Å². The standard InChI is InChI=1S/C13H21N5O2/c1-13(2,3)20-12(19)18-6-5-8-9(7-18)16-11(14)17-10(8)15-4/h5-7H2,1-4H3,(H3,14,15,16,17). The summed E-state index contributed by atoms with van der Waals surface area (Å²) in [5, 5.41) is 3.01. The number of nitrogens with zero attached hydrogens (tertiary/aromatic N) is 3. The summed E-state index contributed by atoms with van der Waals surface area (Å²) in [6.07, 6.45) is 0.358. The Bertz CT molecular complexity index is 524. The van der Waals surface area contributed by atoms with Gasteiger partial charge in [0.1, 0.15) is 11.4 Å². The molecule has 0 saturated carbocycles. The van der Waals surface area contributed by atoms with E-state index in [1.54, 1.807) is 11.9 Å². The predicted molar refractivity (Wildman–Crippen MR) is 76.3 cm³/mol. The molecule has 0 fully saturated rings. The number of rotatable bonds is 1. The normalized spacial score (nSPS) is 14.7. The number of hydrogen-bond donors (Lipinski definition) is 2. The fourth-order valence-electron chi connectivity index (χ4n) is 2.14. The number of hydrogen-bond acceptors (Lipinski definition) is 6. The van der Waals surface area contributed by atoms with E-state index in [4.69, 9.17) is 10.5 Å². The summed E-state index contributed by atoms with van der Waals surface area (Å²) >= 11 is 0. The van der Waals surface area contributed by atoms with Gasteiger partial charge in [-0.05, 0) is 27.2 Å². The zero-order valence-electron chi connectivity index (χ0n) is 12.4. The molecule has 0 radical (unpaired) electrons. The van der Waals surface area contributed by atoms with Gasteiger partial charge in [0.2, 0.25) is 5.95 Å². The molecule has 0 unspecified atom stereocenters. The average molecular weight is 279 g/mol. The van der Waals surface area contributed by atoms with Crippen molar-refractivity contribution in [1.82, 2.24) is 14.9 Å². The van der Waals surface area contributed by atoms with Gasteiger partial charge in [-0.15, -0.1) is 0 Å². The average Bonchev–Trinajstić information content (AvgIpc) is 2.34. The summed E-state index contributed by atoms with van der Waals surface area (Å²) in [7, 11) is 1.79. The highest BCUT2D eigenvalue weighted by molar-refractivity contribution is 5.69. The predicted octanol–water partition coefficient (Wildman–Crippen LogP) is 1.39. The number of carbonyl (C=O) groups is 1. The molecule has 3 N–H and O–H groups in total. The first-order valence-corrected chi connectivity index (χ1v) is 6.61. The minimum atomic E-state index is -0.502. The van der Waals surface area contributed by atoms with Crippen LogP contribution in [-0.4, -0.2) is 40.2 Å². The second-order valence-corrected chi connectivity index (χ2v) is 5.76. The van der Waals surface area contributed by atoms with Gasteiger partial charge in [-0.25, -0.2) is 9.78 Å². The van der Waals surface area contributed by atoms with Crippen LogP contribution in [0.3, 0.4) is 0 Å². The van der Waals surface area contributed by atoms with Gasteiger partial charge in [-0.3, -0.25) is 0 Å². The molecule has 110 valence electrons. The zero-order valence-corrected chi connectivity index (χ0v) is 12.4. The van der Waals surface area contributed by atoms with Crippen molar-refractivity contribution < 1.29 is 9.53 Å². The van der Waals surface area contributed by atoms with Crippen molar-refractivity contribution in [2.24, 2.45) is 0 Å². The molecule has 0 aliphatic carbocycles. The van der Waals surface area contributed by atoms with Crippen molar-refractivity contribution in [3.8, 4) is 0 Å². The van der Waals surface area contributed by atoms with E-state index in [-0.39, 0.29) is 12.0 Å². The van der Waals surface area contributed by atoms with Crippen molar-refractivity contribution in [3.63, 3.8) is 0 Å². The first-order valence-electron chi connectivity index (χ1n) is 6.61. The molecule has 0 atom stereocenters. The summed E-state index contributed by atoms with van der Waals surface area (Å²) < 4.78 is 5.38. The Kier molecular flexibility index (Phi) is 3.69. The minimum absolute atomic E-state index is 0.208. The SMILES string of the molecule is CNc1nc(N)nc2c1CCN(C(=O)OC(C)(C)C)C2. The number of aromatic nitrogens is 2. The second-order valence-electron chi connectivity index (χ2n) is 5.76. The number of fused-ring (bicyclic) bond motifs is 1. The molecule has 0 spiro atoms. The van der Waals surface area contributed by atoms with Crippen LogP contribution < -0.4 is 11.1 Å². The molecule has 1 aromatic rings. The molecule has 0 bridgehead atoms. The number of ether oxygens (including phenoxy) is 1. The van der Waals surface area contributed by atoms with Gasteiger partial charge in [0, 0.05) is 19.2 Å². The molecule has 7 heteroatoms. The number of anilines is 2. The summed E-state index contributed by atoms with van der Waals surface area (Å²) in [4.78, 5) is 22.1. The van der Waals surface area contributed by atoms with Crippen molar-refractivity contribution in [2.75, 3.05) is 24.6 Å². The van der Waals surface area contributed by atoms with Crippen molar-refractivity contribution in [1.29, 1.82) is 0 Å². The number of nitrogens with two attached hydrogens (primary N) is 1. The van der Waals surface area contributed by atoms with Gasteiger partial charge >= 0.3 is 6.09 Å². The maximum absolute atomic E-state index is 12.1. The summed E-state index contributed by atoms with van der Waals surface area (Å²) in [6, 6.07) is 0. The molecule has 1 aromatic heterocycles. The van der Waals surface area contributed by atoms with E-state index in [1.807, 2.05) is 20.8 Å². The maximum Gasteiger partial charge on any atom is 0.410 e. The molecular weight excluding hydrogens is 258 g/mol. The van der Waals surface area contributed by atoms with E-state index >= 15 is 0 Å². The van der Waals surface area contributed by atoms with E-state index in [0.717, 1.165) is 17.1 Å². The van der Waals surface area contributed by atoms with Crippen molar-refractivity contribution in [3.05, 3.63) is 11.3 Å². The van der Waals surface area contributed by atoms with Crippen molar-refractivity contribution in [2.45, 2.75) is 39.3 Å². The van der Waals surface area contributed by atoms with Crippen LogP contribution in [-0.2, 0) is 17.7 Å². The summed E-state index contributed by atoms with van der Waals surface area (Å²) in [5.41, 5.74) is 6.97. The third-order valence-corrected chi connectivity index (χ3v) is 2.97. The zero-order chi connectivity index (χ0) is 14.9. The fourth-order valence-corrected chi connectivity index (χ4v) is 2.14. The lowest BCUT2D eigenvalue weighted by Crippen LogP contribution is -2.40. The van der Waals surface area contributed by atoms with Gasteiger partial charge in [0.05, 0.1) is 12.2 Å². The third kappa shape index (κ3) is 3.09. The Morgan fingerprint density at radius 2 is 2.10 bits per heavy atom. The van der Waals surface area contributed by atoms with Crippen LogP contribution in [0.4, 0.5) is 16.6 Å². The Labute approximate surface area is 118 Å². The highest BCUT2D eigenvalue weighted by Crippen LogP contribution is 2.25. The third-order valence-electron chi connectivity index (χ3n) is 2.97. The second kappa shape index (κ2) is 5.15. The van der Waals surface area contributed by atoms with E-state index in [1.165, 1.54) is 0 Å². The molecule has 7 nitrogen and oxygen atoms in total. The van der Waals surface area contributed by atoms with Crippen molar-refractivity contribution >= 4 is 17.9 Å². The smallest absolute Gasteiger partial charge is 0.410 e. The van der Waals surface area contributed by atoms with E-state index < -0.39 is 5.60 Å². The Hall–Kier alpha value is -2.05. The number of nitrogen functional groups attached to an aromatic ring is 1. The molecule has 20 heavy (non-hydrogen) atoms. The van der Waals surface area contributed by atoms with E-state index in [2.05, 4.69) is 15.3 Å². The molecule has 0 aromatic carbocycles. The lowest BCUT2D eigenvalue weighted by molar-refractivity contribution is 0.0221. The lowest BCUT2D eigenvalue weighted by Gasteiger charge is -2.31. The quantitative estimate of drug-likeness (QED) is 0.807. The van der Waals surface area contributed by atoms with Gasteiger partial charge in [0.15, 0.2) is 0 Å². The lowest BCUT2D eigenvalue weighted by atomic mass is 10.1. The van der Waals surface area contributed by atoms with E-state index in [9.17, 15) is 4.79 Å². The highest BCUT2D eigenvalue weighted by Gasteiger charge is 2.28. The van der Waals surface area contributed by atoms with Crippen LogP contribution in [0.1, 0.15) is 32.0 Å². The molecule has 2 rings (SSSR count). The van der Waals surface area contributed by atoms with Gasteiger partial charge < -0.3 is 20.7 Å². The Morgan fingerprint density at radius 3 is 2.70 bits per heavy atom. The number of nitrogens with one attached hydrogen (secondary N) is 1. The molecule has 0 saturated heterocycles. The maximum atomic E-state index is 12.1. The summed E-state index contributed by atoms with van der Waals surface area (Å²) in [6.45, 7) is 6.53. The number of amides is 1. The molecule has 1 aliphatic heterocycles. The first-order chi connectivity index (χ1) is 9.30. The van der Waals surface area contributed by atoms with E-state index in [0.29, 0.717) is 19.5 Å². The van der Waals surface area contributed by atoms with Gasteiger partial charge in [-0.1, -0.05) is 0 Å². The van der Waals surface area contributed by atoms with Crippen LogP contribution in [0.5, 0.6) is 0 Å². The molecule has 2 heterocycles. The van der Waals surface area contributed by atoms with Crippen LogP contribution in [0, 0.1) is 0 Å². The largest absolute Gasteiger partial charge is 0.444 e. The minimum Gasteiger partial charge on any atom is -0.444 e. The van der Waals surface area contributed by atoms with Crippen LogP contribution in [0.15, 0.2) is 0 Å². The summed E-state index contributed by atoms with van der Waals surface area (Å²) in [5.74, 6) is 0.940. The van der Waals surface area contributed by atoms with Crippen LogP contribution in [0.25, 0.3) is 0 Å². The van der Waals surface area contributed by atoms with Gasteiger partial charge in [0.25, 0.3) is 0 Å². The first kappa shape index (κ1) is 14.4. The molecule has 1 amide bonds. The Balaban J connectivity index is 2.19. The fraction of sp³-hybridized carbons (Fsp3) is 0.615. The topological polar surface area (TPSA) is 93.4 Å².